The summed E-state index contributed by atoms with van der Waals surface area (Å²) in [5, 5.41) is 0. The number of nitrogen functional groups attached to an aromatic ring is 1. The van der Waals surface area contributed by atoms with Gasteiger partial charge in [0.15, 0.2) is 0 Å². The molecule has 2 N–H and O–H groups in total. The molecule has 20 heavy (non-hydrogen) atoms. The molecule has 0 unspecified atom stereocenters. The van der Waals surface area contributed by atoms with Crippen molar-refractivity contribution in [2.45, 2.75) is 39.2 Å². The number of hydrogen-bond donors (Lipinski definition) is 1. The van der Waals surface area contributed by atoms with Gasteiger partial charge in [-0.25, -0.2) is 0 Å². The highest BCUT2D eigenvalue weighted by molar-refractivity contribution is 5.95. The number of amides is 1. The van der Waals surface area contributed by atoms with Gasteiger partial charge in [0.25, 0.3) is 0 Å². The number of nitrogens with zero attached hydrogens (tertiary/aromatic N) is 1. The van der Waals surface area contributed by atoms with Crippen molar-refractivity contribution in [3.63, 3.8) is 0 Å². The van der Waals surface area contributed by atoms with E-state index in [1.807, 2.05) is 36.9 Å². The maximum atomic E-state index is 12.3. The van der Waals surface area contributed by atoms with E-state index in [-0.39, 0.29) is 24.4 Å². The summed E-state index contributed by atoms with van der Waals surface area (Å²) in [6.45, 7) is 5.20. The van der Waals surface area contributed by atoms with Crippen LogP contribution < -0.4 is 10.6 Å². The van der Waals surface area contributed by atoms with Gasteiger partial charge >= 0.3 is 0 Å². The first kappa shape index (κ1) is 16.8. The first-order chi connectivity index (χ1) is 9.09. The molecule has 0 aliphatic carbocycles. The number of anilines is 2. The van der Waals surface area contributed by atoms with Crippen LogP contribution in [-0.2, 0) is 16.0 Å². The largest absolute Gasteiger partial charge is 0.398 e. The summed E-state index contributed by atoms with van der Waals surface area (Å²) in [5.41, 5.74) is 8.84. The number of nitrogens with two attached hydrogens (primary N) is 1. The Labute approximate surface area is 126 Å². The highest BCUT2D eigenvalue weighted by Gasteiger charge is 2.23. The third-order valence-corrected chi connectivity index (χ3v) is 3.35. The van der Waals surface area contributed by atoms with Crippen molar-refractivity contribution in [2.75, 3.05) is 23.8 Å². The summed E-state index contributed by atoms with van der Waals surface area (Å²) in [6.07, 6.45) is 2.51. The lowest BCUT2D eigenvalue weighted by atomic mass is 9.99. The van der Waals surface area contributed by atoms with Gasteiger partial charge in [-0.2, -0.15) is 0 Å². The zero-order valence-electron chi connectivity index (χ0n) is 12.1. The molecule has 1 aliphatic heterocycles. The average molecular weight is 299 g/mol. The first-order valence-electron chi connectivity index (χ1n) is 6.89. The van der Waals surface area contributed by atoms with Crippen LogP contribution in [0.3, 0.4) is 0 Å². The van der Waals surface area contributed by atoms with Gasteiger partial charge in [0.1, 0.15) is 0 Å². The molecule has 1 amide bonds. The van der Waals surface area contributed by atoms with Crippen molar-refractivity contribution < 1.29 is 9.53 Å². The standard InChI is InChI=1S/C15H22N2O2.ClH/c1-11(2)19-10-8-15(18)17-9-4-5-12-13(16)6-3-7-14(12)17;/h3,6-7,11H,4-5,8-10,16H2,1-2H3;1H. The van der Waals surface area contributed by atoms with Crippen LogP contribution in [0.2, 0.25) is 0 Å². The summed E-state index contributed by atoms with van der Waals surface area (Å²) in [5.74, 6) is 0.118. The molecule has 1 aliphatic rings. The summed E-state index contributed by atoms with van der Waals surface area (Å²) < 4.78 is 5.44. The van der Waals surface area contributed by atoms with E-state index < -0.39 is 0 Å². The summed E-state index contributed by atoms with van der Waals surface area (Å²) in [7, 11) is 0. The number of rotatable bonds is 4. The van der Waals surface area contributed by atoms with Crippen LogP contribution in [0.15, 0.2) is 18.2 Å². The van der Waals surface area contributed by atoms with Crippen molar-refractivity contribution >= 4 is 29.7 Å². The predicted octanol–water partition coefficient (Wildman–Crippen LogP) is 2.78. The molecule has 0 aromatic heterocycles. The van der Waals surface area contributed by atoms with Crippen LogP contribution in [0.5, 0.6) is 0 Å². The Hall–Kier alpha value is -1.26. The third kappa shape index (κ3) is 3.87. The second-order valence-electron chi connectivity index (χ2n) is 5.16. The van der Waals surface area contributed by atoms with Crippen LogP contribution in [0.25, 0.3) is 0 Å². The molecule has 0 atom stereocenters. The fourth-order valence-electron chi connectivity index (χ4n) is 2.43. The Morgan fingerprint density at radius 1 is 1.45 bits per heavy atom. The molecule has 0 radical (unpaired) electrons. The van der Waals surface area contributed by atoms with E-state index in [4.69, 9.17) is 10.5 Å². The first-order valence-corrected chi connectivity index (χ1v) is 6.89. The minimum atomic E-state index is 0. The van der Waals surface area contributed by atoms with Crippen LogP contribution in [0.1, 0.15) is 32.3 Å². The van der Waals surface area contributed by atoms with Gasteiger partial charge in [0.2, 0.25) is 5.91 Å². The number of carbonyl (C=O) groups excluding carboxylic acids is 1. The Morgan fingerprint density at radius 3 is 2.90 bits per heavy atom. The molecule has 0 bridgehead atoms. The molecule has 112 valence electrons. The SMILES string of the molecule is CC(C)OCCC(=O)N1CCCc2c(N)cccc21.Cl. The maximum absolute atomic E-state index is 12.3. The van der Waals surface area contributed by atoms with E-state index in [2.05, 4.69) is 0 Å². The van der Waals surface area contributed by atoms with Gasteiger partial charge in [0, 0.05) is 17.9 Å². The predicted molar refractivity (Wildman–Crippen MR) is 84.5 cm³/mol. The molecular formula is C15H23ClN2O2. The topological polar surface area (TPSA) is 55.6 Å². The fourth-order valence-corrected chi connectivity index (χ4v) is 2.43. The molecule has 1 aromatic carbocycles. The number of fused-ring (bicyclic) bond motifs is 1. The van der Waals surface area contributed by atoms with Gasteiger partial charge in [0.05, 0.1) is 19.1 Å². The van der Waals surface area contributed by atoms with Gasteiger partial charge < -0.3 is 15.4 Å². The number of carbonyl (C=O) groups is 1. The Morgan fingerprint density at radius 2 is 2.20 bits per heavy atom. The smallest absolute Gasteiger partial charge is 0.229 e. The minimum Gasteiger partial charge on any atom is -0.398 e. The van der Waals surface area contributed by atoms with Crippen LogP contribution in [0, 0.1) is 0 Å². The van der Waals surface area contributed by atoms with E-state index in [0.717, 1.165) is 36.3 Å². The Kier molecular flexibility index (Phi) is 6.30. The fraction of sp³-hybridized carbons (Fsp3) is 0.533. The zero-order chi connectivity index (χ0) is 13.8. The number of halogens is 1. The maximum Gasteiger partial charge on any atom is 0.229 e. The molecule has 0 saturated carbocycles. The van der Waals surface area contributed by atoms with Crippen LogP contribution in [0.4, 0.5) is 11.4 Å². The van der Waals surface area contributed by atoms with Crippen molar-refractivity contribution in [3.05, 3.63) is 23.8 Å². The van der Waals surface area contributed by atoms with Crippen molar-refractivity contribution in [2.24, 2.45) is 0 Å². The summed E-state index contributed by atoms with van der Waals surface area (Å²) in [4.78, 5) is 14.1. The third-order valence-electron chi connectivity index (χ3n) is 3.35. The van der Waals surface area contributed by atoms with Crippen molar-refractivity contribution in [3.8, 4) is 0 Å². The minimum absolute atomic E-state index is 0. The molecule has 1 heterocycles. The van der Waals surface area contributed by atoms with Gasteiger partial charge in [-0.15, -0.1) is 12.4 Å². The molecule has 4 nitrogen and oxygen atoms in total. The number of ether oxygens (including phenoxy) is 1. The number of hydrogen-bond acceptors (Lipinski definition) is 3. The van der Waals surface area contributed by atoms with E-state index in [1.165, 1.54) is 0 Å². The second kappa shape index (κ2) is 7.50. The Balaban J connectivity index is 0.00000200. The van der Waals surface area contributed by atoms with E-state index in [1.54, 1.807) is 0 Å². The van der Waals surface area contributed by atoms with Crippen LogP contribution >= 0.6 is 12.4 Å². The number of benzene rings is 1. The molecular weight excluding hydrogens is 276 g/mol. The van der Waals surface area contributed by atoms with E-state index in [9.17, 15) is 4.79 Å². The highest BCUT2D eigenvalue weighted by Crippen LogP contribution is 2.31. The highest BCUT2D eigenvalue weighted by atomic mass is 35.5. The summed E-state index contributed by atoms with van der Waals surface area (Å²) in [6, 6.07) is 5.78. The molecule has 1 aromatic rings. The second-order valence-corrected chi connectivity index (χ2v) is 5.16. The quantitative estimate of drug-likeness (QED) is 0.870. The molecule has 2 rings (SSSR count). The normalized spacial score (nSPS) is 13.8. The van der Waals surface area contributed by atoms with Crippen molar-refractivity contribution in [1.82, 2.24) is 0 Å². The van der Waals surface area contributed by atoms with E-state index >= 15 is 0 Å². The lowest BCUT2D eigenvalue weighted by molar-refractivity contribution is -0.120. The molecule has 5 heteroatoms. The monoisotopic (exact) mass is 298 g/mol. The van der Waals surface area contributed by atoms with Crippen molar-refractivity contribution in [1.29, 1.82) is 0 Å². The lowest BCUT2D eigenvalue weighted by Crippen LogP contribution is -2.36. The zero-order valence-corrected chi connectivity index (χ0v) is 12.9. The summed E-state index contributed by atoms with van der Waals surface area (Å²) >= 11 is 0. The van der Waals surface area contributed by atoms with Gasteiger partial charge in [-0.05, 0) is 44.4 Å². The average Bonchev–Trinajstić information content (AvgIpc) is 2.38. The lowest BCUT2D eigenvalue weighted by Gasteiger charge is -2.30. The molecule has 0 spiro atoms. The molecule has 0 fully saturated rings. The Bertz CT molecular complexity index is 463. The van der Waals surface area contributed by atoms with Gasteiger partial charge in [-0.1, -0.05) is 6.07 Å². The van der Waals surface area contributed by atoms with Gasteiger partial charge in [-0.3, -0.25) is 4.79 Å². The molecule has 0 saturated heterocycles. The van der Waals surface area contributed by atoms with Crippen LogP contribution in [-0.4, -0.2) is 25.2 Å². The van der Waals surface area contributed by atoms with E-state index in [0.29, 0.717) is 13.0 Å².